The van der Waals surface area contributed by atoms with Crippen LogP contribution >= 0.6 is 0 Å². The van der Waals surface area contributed by atoms with E-state index in [2.05, 4.69) is 0 Å². The number of amides is 1. The Balaban J connectivity index is 1.85. The fourth-order valence-corrected chi connectivity index (χ4v) is 4.01. The lowest BCUT2D eigenvalue weighted by Gasteiger charge is -2.38. The number of anilines is 1. The van der Waals surface area contributed by atoms with Gasteiger partial charge in [-0.1, -0.05) is 30.3 Å². The van der Waals surface area contributed by atoms with Crippen LogP contribution in [-0.4, -0.2) is 16.6 Å². The zero-order valence-electron chi connectivity index (χ0n) is 14.6. The first-order chi connectivity index (χ1) is 13.1. The summed E-state index contributed by atoms with van der Waals surface area (Å²) in [6.07, 6.45) is 1.92. The minimum absolute atomic E-state index is 0.0289. The van der Waals surface area contributed by atoms with Crippen molar-refractivity contribution in [3.8, 4) is 0 Å². The van der Waals surface area contributed by atoms with Crippen LogP contribution in [0.2, 0.25) is 0 Å². The van der Waals surface area contributed by atoms with Gasteiger partial charge in [0.2, 0.25) is 5.91 Å². The number of para-hydroxylation sites is 1. The molecule has 1 unspecified atom stereocenters. The molecule has 6 nitrogen and oxygen atoms in total. The SMILES string of the molecule is O=C1CCCC2=C1C(c1cccc([N+](=O)[O-])c1)CC(=O)N2c1ccccc1. The maximum absolute atomic E-state index is 13.0. The van der Waals surface area contributed by atoms with E-state index in [1.54, 1.807) is 17.0 Å². The van der Waals surface area contributed by atoms with Crippen LogP contribution in [0, 0.1) is 10.1 Å². The first-order valence-corrected chi connectivity index (χ1v) is 8.95. The van der Waals surface area contributed by atoms with Crippen molar-refractivity contribution in [2.75, 3.05) is 4.90 Å². The third-order valence-electron chi connectivity index (χ3n) is 5.17. The Kier molecular flexibility index (Phi) is 4.32. The lowest BCUT2D eigenvalue weighted by atomic mass is 9.77. The molecule has 1 atom stereocenters. The number of benzene rings is 2. The summed E-state index contributed by atoms with van der Waals surface area (Å²) in [7, 11) is 0. The Labute approximate surface area is 156 Å². The average Bonchev–Trinajstić information content (AvgIpc) is 2.68. The second-order valence-corrected chi connectivity index (χ2v) is 6.81. The molecule has 27 heavy (non-hydrogen) atoms. The highest BCUT2D eigenvalue weighted by Gasteiger charge is 2.39. The normalized spacial score (nSPS) is 19.9. The van der Waals surface area contributed by atoms with Crippen molar-refractivity contribution in [3.63, 3.8) is 0 Å². The predicted molar refractivity (Wildman–Crippen MR) is 100 cm³/mol. The van der Waals surface area contributed by atoms with E-state index in [9.17, 15) is 19.7 Å². The van der Waals surface area contributed by atoms with Gasteiger partial charge in [-0.3, -0.25) is 24.6 Å². The number of nitrogens with zero attached hydrogens (tertiary/aromatic N) is 2. The fourth-order valence-electron chi connectivity index (χ4n) is 4.01. The topological polar surface area (TPSA) is 80.5 Å². The molecule has 0 fully saturated rings. The molecule has 0 saturated carbocycles. The van der Waals surface area contributed by atoms with Crippen LogP contribution in [0.15, 0.2) is 65.9 Å². The molecule has 4 rings (SSSR count). The molecule has 2 aromatic rings. The summed E-state index contributed by atoms with van der Waals surface area (Å²) in [5.74, 6) is -0.493. The number of non-ortho nitro benzene ring substituents is 1. The van der Waals surface area contributed by atoms with Crippen molar-refractivity contribution < 1.29 is 14.5 Å². The lowest BCUT2D eigenvalue weighted by molar-refractivity contribution is -0.384. The summed E-state index contributed by atoms with van der Waals surface area (Å²) in [6, 6.07) is 15.6. The molecule has 0 N–H and O–H groups in total. The third kappa shape index (κ3) is 3.03. The van der Waals surface area contributed by atoms with Crippen LogP contribution in [0.25, 0.3) is 0 Å². The summed E-state index contributed by atoms with van der Waals surface area (Å²) in [5.41, 5.74) is 2.74. The van der Waals surface area contributed by atoms with Gasteiger partial charge >= 0.3 is 0 Å². The zero-order chi connectivity index (χ0) is 19.0. The Hall–Kier alpha value is -3.28. The molecule has 2 aromatic carbocycles. The number of allylic oxidation sites excluding steroid dienone is 2. The van der Waals surface area contributed by atoms with E-state index in [1.165, 1.54) is 12.1 Å². The van der Waals surface area contributed by atoms with Crippen LogP contribution in [0.5, 0.6) is 0 Å². The highest BCUT2D eigenvalue weighted by Crippen LogP contribution is 2.43. The molecule has 0 aromatic heterocycles. The molecule has 6 heteroatoms. The minimum atomic E-state index is -0.456. The van der Waals surface area contributed by atoms with Gasteiger partial charge in [-0.15, -0.1) is 0 Å². The first-order valence-electron chi connectivity index (χ1n) is 8.95. The predicted octanol–water partition coefficient (Wildman–Crippen LogP) is 4.12. The quantitative estimate of drug-likeness (QED) is 0.607. The van der Waals surface area contributed by atoms with E-state index >= 15 is 0 Å². The molecule has 1 aliphatic heterocycles. The second kappa shape index (κ2) is 6.79. The number of nitro groups is 1. The Morgan fingerprint density at radius 1 is 1.00 bits per heavy atom. The summed E-state index contributed by atoms with van der Waals surface area (Å²) in [6.45, 7) is 0. The molecule has 0 bridgehead atoms. The molecule has 1 aliphatic carbocycles. The number of carbonyl (C=O) groups is 2. The van der Waals surface area contributed by atoms with E-state index in [0.29, 0.717) is 30.4 Å². The van der Waals surface area contributed by atoms with E-state index in [-0.39, 0.29) is 23.8 Å². The number of ketones is 1. The second-order valence-electron chi connectivity index (χ2n) is 6.81. The first kappa shape index (κ1) is 17.1. The smallest absolute Gasteiger partial charge is 0.269 e. The van der Waals surface area contributed by atoms with E-state index < -0.39 is 10.8 Å². The number of rotatable bonds is 3. The highest BCUT2D eigenvalue weighted by molar-refractivity contribution is 6.07. The Morgan fingerprint density at radius 3 is 2.52 bits per heavy atom. The van der Waals surface area contributed by atoms with Gasteiger partial charge in [0.25, 0.3) is 5.69 Å². The molecule has 0 spiro atoms. The number of hydrogen-bond donors (Lipinski definition) is 0. The molecular formula is C21H18N2O4. The standard InChI is InChI=1S/C21H18N2O4/c24-19-11-5-10-18-21(19)17(14-6-4-9-16(12-14)23(26)27)13-20(25)22(18)15-7-2-1-3-8-15/h1-4,6-9,12,17H,5,10-11,13H2. The van der Waals surface area contributed by atoms with Crippen molar-refractivity contribution in [1.82, 2.24) is 0 Å². The van der Waals surface area contributed by atoms with Crippen LogP contribution in [0.3, 0.4) is 0 Å². The summed E-state index contributed by atoms with van der Waals surface area (Å²) in [4.78, 5) is 38.1. The van der Waals surface area contributed by atoms with Gasteiger partial charge in [0.05, 0.1) is 4.92 Å². The van der Waals surface area contributed by atoms with E-state index in [1.807, 2.05) is 30.3 Å². The number of nitro benzene ring substituents is 1. The largest absolute Gasteiger partial charge is 0.294 e. The molecular weight excluding hydrogens is 344 g/mol. The van der Waals surface area contributed by atoms with E-state index in [4.69, 9.17) is 0 Å². The third-order valence-corrected chi connectivity index (χ3v) is 5.17. The van der Waals surface area contributed by atoms with Gasteiger partial charge in [-0.05, 0) is 30.5 Å². The van der Waals surface area contributed by atoms with Gasteiger partial charge in [-0.25, -0.2) is 0 Å². The maximum Gasteiger partial charge on any atom is 0.269 e. The number of hydrogen-bond acceptors (Lipinski definition) is 4. The van der Waals surface area contributed by atoms with Gasteiger partial charge in [-0.2, -0.15) is 0 Å². The summed E-state index contributed by atoms with van der Waals surface area (Å²) in [5, 5.41) is 11.1. The van der Waals surface area contributed by atoms with Gasteiger partial charge < -0.3 is 0 Å². The average molecular weight is 362 g/mol. The Bertz CT molecular complexity index is 965. The van der Waals surface area contributed by atoms with Crippen molar-refractivity contribution in [2.45, 2.75) is 31.6 Å². The molecule has 0 radical (unpaired) electrons. The summed E-state index contributed by atoms with van der Waals surface area (Å²) < 4.78 is 0. The van der Waals surface area contributed by atoms with Crippen molar-refractivity contribution >= 4 is 23.1 Å². The molecule has 136 valence electrons. The minimum Gasteiger partial charge on any atom is -0.294 e. The number of carbonyl (C=O) groups excluding carboxylic acids is 2. The highest BCUT2D eigenvalue weighted by atomic mass is 16.6. The molecule has 1 amide bonds. The lowest BCUT2D eigenvalue weighted by Crippen LogP contribution is -2.40. The van der Waals surface area contributed by atoms with Crippen molar-refractivity contribution in [2.24, 2.45) is 0 Å². The molecule has 0 saturated heterocycles. The fraction of sp³-hybridized carbons (Fsp3) is 0.238. The Morgan fingerprint density at radius 2 is 1.78 bits per heavy atom. The summed E-state index contributed by atoms with van der Waals surface area (Å²) >= 11 is 0. The van der Waals surface area contributed by atoms with Crippen LogP contribution in [0.4, 0.5) is 11.4 Å². The maximum atomic E-state index is 13.0. The van der Waals surface area contributed by atoms with Gasteiger partial charge in [0.1, 0.15) is 0 Å². The molecule has 2 aliphatic rings. The van der Waals surface area contributed by atoms with Crippen molar-refractivity contribution in [3.05, 3.63) is 81.5 Å². The number of Topliss-reactive ketones (excluding diaryl/α,β-unsaturated/α-hetero) is 1. The van der Waals surface area contributed by atoms with Gasteiger partial charge in [0.15, 0.2) is 5.78 Å². The molecule has 1 heterocycles. The monoisotopic (exact) mass is 362 g/mol. The van der Waals surface area contributed by atoms with Gasteiger partial charge in [0, 0.05) is 47.8 Å². The van der Waals surface area contributed by atoms with Crippen molar-refractivity contribution in [1.29, 1.82) is 0 Å². The van der Waals surface area contributed by atoms with Crippen LogP contribution in [0.1, 0.15) is 37.2 Å². The van der Waals surface area contributed by atoms with E-state index in [0.717, 1.165) is 11.4 Å². The van der Waals surface area contributed by atoms with Crippen LogP contribution < -0.4 is 4.90 Å². The van der Waals surface area contributed by atoms with Crippen LogP contribution in [-0.2, 0) is 9.59 Å². The zero-order valence-corrected chi connectivity index (χ0v) is 14.6.